The summed E-state index contributed by atoms with van der Waals surface area (Å²) in [6, 6.07) is 8.50. The molecule has 2 heterocycles. The molecule has 1 atom stereocenters. The van der Waals surface area contributed by atoms with Gasteiger partial charge in [-0.1, -0.05) is 6.07 Å². The maximum Gasteiger partial charge on any atom is 0.0519 e. The fraction of sp³-hybridized carbons (Fsp3) is 0.214. The van der Waals surface area contributed by atoms with Gasteiger partial charge >= 0.3 is 0 Å². The number of hydrogen-bond acceptors (Lipinski definition) is 2. The zero-order chi connectivity index (χ0) is 12.0. The molecule has 0 fully saturated rings. The molecule has 17 heavy (non-hydrogen) atoms. The van der Waals surface area contributed by atoms with Gasteiger partial charge in [0.05, 0.1) is 5.52 Å². The van der Waals surface area contributed by atoms with Crippen molar-refractivity contribution < 1.29 is 0 Å². The van der Waals surface area contributed by atoms with Crippen LogP contribution in [0.1, 0.15) is 18.5 Å². The van der Waals surface area contributed by atoms with Crippen LogP contribution >= 0.6 is 0 Å². The monoisotopic (exact) mass is 225 g/mol. The number of pyridine rings is 1. The minimum Gasteiger partial charge on any atom is -0.344 e. The van der Waals surface area contributed by atoms with Gasteiger partial charge in [0.2, 0.25) is 0 Å². The van der Waals surface area contributed by atoms with Gasteiger partial charge in [0.25, 0.3) is 0 Å². The number of nitrogens with two attached hydrogens (primary N) is 1. The van der Waals surface area contributed by atoms with Gasteiger partial charge in [0, 0.05) is 41.8 Å². The minimum atomic E-state index is 0.0614. The summed E-state index contributed by atoms with van der Waals surface area (Å²) in [5.41, 5.74) is 9.52. The highest BCUT2D eigenvalue weighted by Crippen LogP contribution is 2.29. The SMILES string of the molecule is CC(N)c1ccc2c(c1)c1cnccc1n2C. The normalized spacial score (nSPS) is 13.4. The molecule has 0 saturated heterocycles. The second-order valence-electron chi connectivity index (χ2n) is 4.52. The lowest BCUT2D eigenvalue weighted by Gasteiger charge is -2.05. The molecule has 0 saturated carbocycles. The predicted molar refractivity (Wildman–Crippen MR) is 70.8 cm³/mol. The molecule has 0 aliphatic carbocycles. The Bertz CT molecular complexity index is 695. The number of rotatable bonds is 1. The standard InChI is InChI=1S/C14H15N3/c1-9(15)10-3-4-13-11(7-10)12-8-16-6-5-14(12)17(13)2/h3-9H,15H2,1-2H3. The summed E-state index contributed by atoms with van der Waals surface area (Å²) in [6.45, 7) is 2.00. The molecule has 3 heteroatoms. The molecular weight excluding hydrogens is 210 g/mol. The second-order valence-corrected chi connectivity index (χ2v) is 4.52. The lowest BCUT2D eigenvalue weighted by Crippen LogP contribution is -2.04. The molecule has 0 aliphatic heterocycles. The second kappa shape index (κ2) is 3.57. The zero-order valence-corrected chi connectivity index (χ0v) is 10.0. The molecule has 3 rings (SSSR count). The van der Waals surface area contributed by atoms with Gasteiger partial charge in [0.1, 0.15) is 0 Å². The van der Waals surface area contributed by atoms with Crippen LogP contribution < -0.4 is 5.73 Å². The third kappa shape index (κ3) is 1.43. The van der Waals surface area contributed by atoms with E-state index < -0.39 is 0 Å². The van der Waals surface area contributed by atoms with Gasteiger partial charge in [-0.15, -0.1) is 0 Å². The molecule has 2 aromatic heterocycles. The quantitative estimate of drug-likeness (QED) is 0.692. The van der Waals surface area contributed by atoms with Crippen LogP contribution in [-0.2, 0) is 7.05 Å². The molecule has 0 spiro atoms. The Hall–Kier alpha value is -1.87. The van der Waals surface area contributed by atoms with E-state index >= 15 is 0 Å². The summed E-state index contributed by atoms with van der Waals surface area (Å²) in [4.78, 5) is 4.21. The maximum absolute atomic E-state index is 5.93. The molecule has 0 bridgehead atoms. The molecule has 0 amide bonds. The molecule has 0 radical (unpaired) electrons. The summed E-state index contributed by atoms with van der Waals surface area (Å²) < 4.78 is 2.19. The summed E-state index contributed by atoms with van der Waals surface area (Å²) in [5, 5.41) is 2.41. The first kappa shape index (κ1) is 10.3. The summed E-state index contributed by atoms with van der Waals surface area (Å²) >= 11 is 0. The van der Waals surface area contributed by atoms with E-state index in [2.05, 4.69) is 34.8 Å². The fourth-order valence-corrected chi connectivity index (χ4v) is 2.36. The zero-order valence-electron chi connectivity index (χ0n) is 10.0. The average molecular weight is 225 g/mol. The van der Waals surface area contributed by atoms with Gasteiger partial charge in [0.15, 0.2) is 0 Å². The van der Waals surface area contributed by atoms with Crippen molar-refractivity contribution in [3.05, 3.63) is 42.2 Å². The maximum atomic E-state index is 5.93. The fourth-order valence-electron chi connectivity index (χ4n) is 2.36. The highest BCUT2D eigenvalue weighted by Gasteiger charge is 2.09. The van der Waals surface area contributed by atoms with Crippen LogP contribution in [0.4, 0.5) is 0 Å². The van der Waals surface area contributed by atoms with Gasteiger partial charge in [-0.25, -0.2) is 0 Å². The van der Waals surface area contributed by atoms with Crippen LogP contribution in [0.2, 0.25) is 0 Å². The van der Waals surface area contributed by atoms with Gasteiger partial charge in [-0.2, -0.15) is 0 Å². The summed E-state index contributed by atoms with van der Waals surface area (Å²) in [5.74, 6) is 0. The predicted octanol–water partition coefficient (Wildman–Crippen LogP) is 2.75. The highest BCUT2D eigenvalue weighted by molar-refractivity contribution is 6.07. The van der Waals surface area contributed by atoms with E-state index in [0.717, 1.165) is 5.56 Å². The van der Waals surface area contributed by atoms with Crippen LogP contribution in [0, 0.1) is 0 Å². The summed E-state index contributed by atoms with van der Waals surface area (Å²) in [7, 11) is 2.08. The van der Waals surface area contributed by atoms with Crippen LogP contribution in [0.3, 0.4) is 0 Å². The van der Waals surface area contributed by atoms with Gasteiger partial charge < -0.3 is 10.3 Å². The van der Waals surface area contributed by atoms with E-state index in [1.54, 1.807) is 0 Å². The number of hydrogen-bond donors (Lipinski definition) is 1. The summed E-state index contributed by atoms with van der Waals surface area (Å²) in [6.07, 6.45) is 3.75. The van der Waals surface area contributed by atoms with E-state index in [9.17, 15) is 0 Å². The first-order valence-corrected chi connectivity index (χ1v) is 5.76. The van der Waals surface area contributed by atoms with Crippen LogP contribution in [0.25, 0.3) is 21.8 Å². The molecule has 2 N–H and O–H groups in total. The van der Waals surface area contributed by atoms with Crippen LogP contribution in [0.15, 0.2) is 36.7 Å². The molecule has 3 nitrogen and oxygen atoms in total. The Balaban J connectivity index is 2.46. The van der Waals surface area contributed by atoms with Crippen molar-refractivity contribution in [1.82, 2.24) is 9.55 Å². The van der Waals surface area contributed by atoms with Crippen molar-refractivity contribution in [1.29, 1.82) is 0 Å². The third-order valence-electron chi connectivity index (χ3n) is 3.36. The average Bonchev–Trinajstić information content (AvgIpc) is 2.64. The van der Waals surface area contributed by atoms with E-state index in [4.69, 9.17) is 5.73 Å². The minimum absolute atomic E-state index is 0.0614. The molecular formula is C14H15N3. The Morgan fingerprint density at radius 2 is 1.94 bits per heavy atom. The lowest BCUT2D eigenvalue weighted by atomic mass is 10.1. The number of aryl methyl sites for hydroxylation is 1. The topological polar surface area (TPSA) is 43.8 Å². The van der Waals surface area contributed by atoms with Crippen molar-refractivity contribution in [2.45, 2.75) is 13.0 Å². The number of fused-ring (bicyclic) bond motifs is 3. The van der Waals surface area contributed by atoms with Crippen molar-refractivity contribution in [3.8, 4) is 0 Å². The van der Waals surface area contributed by atoms with Crippen LogP contribution in [-0.4, -0.2) is 9.55 Å². The first-order chi connectivity index (χ1) is 8.18. The van der Waals surface area contributed by atoms with E-state index in [1.807, 2.05) is 25.4 Å². The van der Waals surface area contributed by atoms with Crippen LogP contribution in [0.5, 0.6) is 0 Å². The van der Waals surface area contributed by atoms with Crippen molar-refractivity contribution in [2.24, 2.45) is 12.8 Å². The Morgan fingerprint density at radius 1 is 1.18 bits per heavy atom. The smallest absolute Gasteiger partial charge is 0.0519 e. The van der Waals surface area contributed by atoms with Crippen molar-refractivity contribution in [2.75, 3.05) is 0 Å². The Labute approximate surface area is 99.9 Å². The lowest BCUT2D eigenvalue weighted by molar-refractivity contribution is 0.820. The Kier molecular flexibility index (Phi) is 2.16. The molecule has 1 unspecified atom stereocenters. The Morgan fingerprint density at radius 3 is 2.71 bits per heavy atom. The molecule has 1 aromatic carbocycles. The van der Waals surface area contributed by atoms with E-state index in [-0.39, 0.29) is 6.04 Å². The van der Waals surface area contributed by atoms with E-state index in [1.165, 1.54) is 21.8 Å². The first-order valence-electron chi connectivity index (χ1n) is 5.76. The molecule has 86 valence electrons. The van der Waals surface area contributed by atoms with Gasteiger partial charge in [-0.05, 0) is 30.7 Å². The number of nitrogens with zero attached hydrogens (tertiary/aromatic N) is 2. The van der Waals surface area contributed by atoms with Crippen molar-refractivity contribution in [3.63, 3.8) is 0 Å². The van der Waals surface area contributed by atoms with E-state index in [0.29, 0.717) is 0 Å². The molecule has 0 aliphatic rings. The van der Waals surface area contributed by atoms with Gasteiger partial charge in [-0.3, -0.25) is 4.98 Å². The van der Waals surface area contributed by atoms with Crippen molar-refractivity contribution >= 4 is 21.8 Å². The highest BCUT2D eigenvalue weighted by atomic mass is 14.9. The number of benzene rings is 1. The number of aromatic nitrogens is 2. The third-order valence-corrected chi connectivity index (χ3v) is 3.36. The largest absolute Gasteiger partial charge is 0.344 e. The molecule has 3 aromatic rings.